The minimum absolute atomic E-state index is 0.0854. The predicted octanol–water partition coefficient (Wildman–Crippen LogP) is 4.36. The van der Waals surface area contributed by atoms with E-state index in [0.717, 1.165) is 22.2 Å². The first-order chi connectivity index (χ1) is 14.0. The highest BCUT2D eigenvalue weighted by Crippen LogP contribution is 2.20. The number of nitrogens with one attached hydrogen (secondary N) is 1. The van der Waals surface area contributed by atoms with E-state index in [1.165, 1.54) is 5.56 Å². The number of aryl methyl sites for hydroxylation is 3. The van der Waals surface area contributed by atoms with Crippen LogP contribution in [-0.4, -0.2) is 27.3 Å². The molecule has 2 heterocycles. The van der Waals surface area contributed by atoms with E-state index in [-0.39, 0.29) is 12.5 Å². The summed E-state index contributed by atoms with van der Waals surface area (Å²) in [6, 6.07) is 19.3. The zero-order chi connectivity index (χ0) is 20.4. The molecular formula is C23H22N4O2. The first-order valence-corrected chi connectivity index (χ1v) is 9.42. The maximum Gasteiger partial charge on any atom is 0.263 e. The van der Waals surface area contributed by atoms with Crippen LogP contribution in [0.2, 0.25) is 0 Å². The molecule has 6 heteroatoms. The van der Waals surface area contributed by atoms with Gasteiger partial charge in [0.15, 0.2) is 12.4 Å². The molecule has 4 rings (SSSR count). The maximum absolute atomic E-state index is 12.4. The van der Waals surface area contributed by atoms with E-state index >= 15 is 0 Å². The van der Waals surface area contributed by atoms with Crippen molar-refractivity contribution in [2.45, 2.75) is 20.8 Å². The smallest absolute Gasteiger partial charge is 0.263 e. The molecule has 0 bridgehead atoms. The first kappa shape index (κ1) is 18.7. The highest BCUT2D eigenvalue weighted by molar-refractivity contribution is 5.91. The minimum atomic E-state index is -0.259. The molecule has 6 nitrogen and oxygen atoms in total. The standard InChI is InChI=1S/C23H22N4O2/c1-15-8-10-19(12-16(15)2)29-14-23(28)25-22-13-17(3)26-27(22)21-11-9-18-6-4-5-7-20(18)24-21/h4-13H,14H2,1-3H3,(H,25,28). The topological polar surface area (TPSA) is 69.0 Å². The maximum atomic E-state index is 12.4. The van der Waals surface area contributed by atoms with E-state index < -0.39 is 0 Å². The Morgan fingerprint density at radius 1 is 1.00 bits per heavy atom. The van der Waals surface area contributed by atoms with Crippen molar-refractivity contribution < 1.29 is 9.53 Å². The van der Waals surface area contributed by atoms with E-state index in [9.17, 15) is 4.79 Å². The number of fused-ring (bicyclic) bond motifs is 1. The highest BCUT2D eigenvalue weighted by Gasteiger charge is 2.13. The molecule has 0 aliphatic rings. The zero-order valence-electron chi connectivity index (χ0n) is 16.6. The molecule has 0 saturated carbocycles. The molecule has 1 amide bonds. The summed E-state index contributed by atoms with van der Waals surface area (Å²) in [7, 11) is 0. The Kier molecular flexibility index (Phi) is 4.99. The number of rotatable bonds is 5. The second-order valence-corrected chi connectivity index (χ2v) is 7.03. The molecule has 146 valence electrons. The molecular weight excluding hydrogens is 364 g/mol. The quantitative estimate of drug-likeness (QED) is 0.553. The third kappa shape index (κ3) is 4.11. The van der Waals surface area contributed by atoms with Gasteiger partial charge < -0.3 is 10.1 Å². The number of hydrogen-bond donors (Lipinski definition) is 1. The van der Waals surface area contributed by atoms with E-state index in [1.807, 2.05) is 81.4 Å². The molecule has 0 radical (unpaired) electrons. The molecule has 0 aliphatic carbocycles. The second-order valence-electron chi connectivity index (χ2n) is 7.03. The predicted molar refractivity (Wildman–Crippen MR) is 114 cm³/mol. The van der Waals surface area contributed by atoms with Crippen LogP contribution in [0, 0.1) is 20.8 Å². The summed E-state index contributed by atoms with van der Waals surface area (Å²) in [4.78, 5) is 17.1. The summed E-state index contributed by atoms with van der Waals surface area (Å²) in [6.07, 6.45) is 0. The van der Waals surface area contributed by atoms with Gasteiger partial charge >= 0.3 is 0 Å². The number of carbonyl (C=O) groups excluding carboxylic acids is 1. The number of benzene rings is 2. The molecule has 0 saturated heterocycles. The van der Waals surface area contributed by atoms with Crippen molar-refractivity contribution in [3.05, 3.63) is 77.5 Å². The summed E-state index contributed by atoms with van der Waals surface area (Å²) in [5.74, 6) is 1.61. The molecule has 0 spiro atoms. The Bertz CT molecular complexity index is 1200. The number of nitrogens with zero attached hydrogens (tertiary/aromatic N) is 3. The Morgan fingerprint density at radius 2 is 1.83 bits per heavy atom. The van der Waals surface area contributed by atoms with E-state index in [2.05, 4.69) is 15.4 Å². The lowest BCUT2D eigenvalue weighted by Gasteiger charge is -2.10. The van der Waals surface area contributed by atoms with Gasteiger partial charge in [0.25, 0.3) is 5.91 Å². The van der Waals surface area contributed by atoms with Crippen LogP contribution < -0.4 is 10.1 Å². The Labute approximate surface area is 169 Å². The van der Waals surface area contributed by atoms with Crippen LogP contribution in [0.25, 0.3) is 16.7 Å². The lowest BCUT2D eigenvalue weighted by atomic mass is 10.1. The van der Waals surface area contributed by atoms with Gasteiger partial charge in [0.1, 0.15) is 11.6 Å². The average molecular weight is 386 g/mol. The third-order valence-electron chi connectivity index (χ3n) is 4.75. The molecule has 29 heavy (non-hydrogen) atoms. The summed E-state index contributed by atoms with van der Waals surface area (Å²) >= 11 is 0. The molecule has 2 aromatic heterocycles. The van der Waals surface area contributed by atoms with Gasteiger partial charge in [-0.3, -0.25) is 4.79 Å². The van der Waals surface area contributed by atoms with Crippen LogP contribution in [0.1, 0.15) is 16.8 Å². The van der Waals surface area contributed by atoms with Crippen LogP contribution in [-0.2, 0) is 4.79 Å². The fourth-order valence-corrected chi connectivity index (χ4v) is 3.07. The number of hydrogen-bond acceptors (Lipinski definition) is 4. The normalized spacial score (nSPS) is 10.9. The second kappa shape index (κ2) is 7.75. The van der Waals surface area contributed by atoms with Gasteiger partial charge in [-0.25, -0.2) is 4.98 Å². The van der Waals surface area contributed by atoms with Gasteiger partial charge in [-0.1, -0.05) is 24.3 Å². The Hall–Kier alpha value is -3.67. The van der Waals surface area contributed by atoms with Crippen LogP contribution in [0.3, 0.4) is 0 Å². The molecule has 0 unspecified atom stereocenters. The van der Waals surface area contributed by atoms with Gasteiger partial charge in [0, 0.05) is 11.5 Å². The third-order valence-corrected chi connectivity index (χ3v) is 4.75. The van der Waals surface area contributed by atoms with Crippen molar-refractivity contribution in [1.82, 2.24) is 14.8 Å². The van der Waals surface area contributed by atoms with E-state index in [0.29, 0.717) is 17.4 Å². The number of amides is 1. The molecule has 2 aromatic carbocycles. The van der Waals surface area contributed by atoms with Gasteiger partial charge in [-0.15, -0.1) is 0 Å². The summed E-state index contributed by atoms with van der Waals surface area (Å²) in [5, 5.41) is 8.40. The Balaban J connectivity index is 1.51. The van der Waals surface area contributed by atoms with Gasteiger partial charge in [0.2, 0.25) is 0 Å². The van der Waals surface area contributed by atoms with Crippen LogP contribution in [0.15, 0.2) is 60.7 Å². The number of para-hydroxylation sites is 1. The number of ether oxygens (including phenoxy) is 1. The first-order valence-electron chi connectivity index (χ1n) is 9.42. The lowest BCUT2D eigenvalue weighted by Crippen LogP contribution is -2.22. The molecule has 0 atom stereocenters. The molecule has 0 fully saturated rings. The van der Waals surface area contributed by atoms with Gasteiger partial charge in [-0.05, 0) is 62.2 Å². The van der Waals surface area contributed by atoms with Crippen molar-refractivity contribution in [3.8, 4) is 11.6 Å². The van der Waals surface area contributed by atoms with E-state index in [1.54, 1.807) is 4.68 Å². The van der Waals surface area contributed by atoms with Crippen molar-refractivity contribution in [2.24, 2.45) is 0 Å². The SMILES string of the molecule is Cc1cc(NC(=O)COc2ccc(C)c(C)c2)n(-c2ccc3ccccc3n2)n1. The average Bonchev–Trinajstić information content (AvgIpc) is 3.08. The monoisotopic (exact) mass is 386 g/mol. The number of anilines is 1. The van der Waals surface area contributed by atoms with Gasteiger partial charge in [-0.2, -0.15) is 9.78 Å². The van der Waals surface area contributed by atoms with Crippen LogP contribution in [0.5, 0.6) is 5.75 Å². The number of pyridine rings is 1. The van der Waals surface area contributed by atoms with Gasteiger partial charge in [0.05, 0.1) is 11.2 Å². The Morgan fingerprint density at radius 3 is 2.66 bits per heavy atom. The molecule has 1 N–H and O–H groups in total. The summed E-state index contributed by atoms with van der Waals surface area (Å²) in [5.41, 5.74) is 3.96. The minimum Gasteiger partial charge on any atom is -0.484 e. The van der Waals surface area contributed by atoms with Crippen molar-refractivity contribution >= 4 is 22.6 Å². The summed E-state index contributed by atoms with van der Waals surface area (Å²) < 4.78 is 7.26. The lowest BCUT2D eigenvalue weighted by molar-refractivity contribution is -0.118. The fourth-order valence-electron chi connectivity index (χ4n) is 3.07. The van der Waals surface area contributed by atoms with Crippen molar-refractivity contribution in [3.63, 3.8) is 0 Å². The zero-order valence-corrected chi connectivity index (χ0v) is 16.6. The number of carbonyl (C=O) groups is 1. The molecule has 0 aliphatic heterocycles. The van der Waals surface area contributed by atoms with Crippen molar-refractivity contribution in [1.29, 1.82) is 0 Å². The van der Waals surface area contributed by atoms with Crippen LogP contribution in [0.4, 0.5) is 5.82 Å². The van der Waals surface area contributed by atoms with Crippen molar-refractivity contribution in [2.75, 3.05) is 11.9 Å². The molecule has 4 aromatic rings. The highest BCUT2D eigenvalue weighted by atomic mass is 16.5. The summed E-state index contributed by atoms with van der Waals surface area (Å²) in [6.45, 7) is 5.84. The van der Waals surface area contributed by atoms with Crippen LogP contribution >= 0.6 is 0 Å². The van der Waals surface area contributed by atoms with E-state index in [4.69, 9.17) is 4.74 Å². The number of aromatic nitrogens is 3. The largest absolute Gasteiger partial charge is 0.484 e. The fraction of sp³-hybridized carbons (Fsp3) is 0.174.